The number of carbonyl (C=O) groups excluding carboxylic acids is 1. The highest BCUT2D eigenvalue weighted by Crippen LogP contribution is 2.31. The minimum atomic E-state index is -0.336. The fraction of sp³-hybridized carbons (Fsp3) is 0.650. The number of carbonyl (C=O) groups is 1. The van der Waals surface area contributed by atoms with Crippen molar-refractivity contribution in [2.45, 2.75) is 70.6 Å². The van der Waals surface area contributed by atoms with Crippen molar-refractivity contribution in [3.8, 4) is 0 Å². The molecule has 1 fully saturated rings. The van der Waals surface area contributed by atoms with Gasteiger partial charge in [0, 0.05) is 37.3 Å². The smallest absolute Gasteiger partial charge is 0.224 e. The van der Waals surface area contributed by atoms with Crippen molar-refractivity contribution in [1.29, 1.82) is 0 Å². The number of benzene rings is 1. The molecule has 3 atom stereocenters. The second kappa shape index (κ2) is 7.56. The van der Waals surface area contributed by atoms with E-state index in [4.69, 9.17) is 0 Å². The lowest BCUT2D eigenvalue weighted by Gasteiger charge is -2.37. The molecule has 3 unspecified atom stereocenters. The van der Waals surface area contributed by atoms with Gasteiger partial charge in [0.15, 0.2) is 0 Å². The van der Waals surface area contributed by atoms with Crippen LogP contribution in [0.15, 0.2) is 24.3 Å². The Kier molecular flexibility index (Phi) is 5.44. The van der Waals surface area contributed by atoms with Gasteiger partial charge in [-0.15, -0.1) is 0 Å². The summed E-state index contributed by atoms with van der Waals surface area (Å²) in [5, 5.41) is 9.64. The monoisotopic (exact) mass is 330 g/mol. The number of fused-ring (bicyclic) bond motifs is 1. The predicted molar refractivity (Wildman–Crippen MR) is 97.2 cm³/mol. The van der Waals surface area contributed by atoms with Gasteiger partial charge in [-0.1, -0.05) is 18.2 Å². The van der Waals surface area contributed by atoms with Crippen molar-refractivity contribution >= 4 is 11.6 Å². The summed E-state index contributed by atoms with van der Waals surface area (Å²) in [6, 6.07) is 9.29. The van der Waals surface area contributed by atoms with Gasteiger partial charge >= 0.3 is 0 Å². The van der Waals surface area contributed by atoms with Gasteiger partial charge in [-0.05, 0) is 57.6 Å². The molecule has 0 bridgehead atoms. The summed E-state index contributed by atoms with van der Waals surface area (Å²) in [5.41, 5.74) is 2.70. The molecule has 0 saturated carbocycles. The molecule has 0 spiro atoms. The Hall–Kier alpha value is -1.55. The number of hydrogen-bond acceptors (Lipinski definition) is 3. The van der Waals surface area contributed by atoms with E-state index >= 15 is 0 Å². The van der Waals surface area contributed by atoms with Gasteiger partial charge in [0.2, 0.25) is 5.91 Å². The lowest BCUT2D eigenvalue weighted by Crippen LogP contribution is -2.42. The molecule has 1 aromatic carbocycles. The van der Waals surface area contributed by atoms with E-state index in [1.165, 1.54) is 11.3 Å². The Morgan fingerprint density at radius 3 is 2.92 bits per heavy atom. The van der Waals surface area contributed by atoms with E-state index in [1.54, 1.807) is 0 Å². The molecule has 4 nitrogen and oxygen atoms in total. The van der Waals surface area contributed by atoms with E-state index in [-0.39, 0.29) is 18.1 Å². The van der Waals surface area contributed by atoms with Gasteiger partial charge in [0.25, 0.3) is 0 Å². The van der Waals surface area contributed by atoms with Gasteiger partial charge in [-0.2, -0.15) is 0 Å². The van der Waals surface area contributed by atoms with Crippen molar-refractivity contribution in [2.75, 3.05) is 18.0 Å². The number of hydrogen-bond donors (Lipinski definition) is 1. The second-order valence-electron chi connectivity index (χ2n) is 7.43. The maximum atomic E-state index is 12.7. The number of para-hydroxylation sites is 1. The summed E-state index contributed by atoms with van der Waals surface area (Å²) in [7, 11) is 0. The standard InChI is InChI=1S/C20H30N2O2/c1-15-9-10-17-6-3-4-8-19(17)21(15)13-11-20(24)22-12-5-7-18(22)14-16(2)23/h3-4,6,8,15-16,18,23H,5,7,9-14H2,1-2H3. The Bertz CT molecular complexity index is 573. The third kappa shape index (κ3) is 3.75. The first-order valence-electron chi connectivity index (χ1n) is 9.38. The summed E-state index contributed by atoms with van der Waals surface area (Å²) in [6.45, 7) is 5.71. The van der Waals surface area contributed by atoms with Crippen LogP contribution in [0.5, 0.6) is 0 Å². The summed E-state index contributed by atoms with van der Waals surface area (Å²) in [5.74, 6) is 0.244. The fourth-order valence-corrected chi connectivity index (χ4v) is 4.26. The van der Waals surface area contributed by atoms with E-state index < -0.39 is 0 Å². The highest BCUT2D eigenvalue weighted by atomic mass is 16.3. The number of anilines is 1. The number of aliphatic hydroxyl groups is 1. The molecular formula is C20H30N2O2. The van der Waals surface area contributed by atoms with Crippen LogP contribution in [0.25, 0.3) is 0 Å². The van der Waals surface area contributed by atoms with Crippen LogP contribution < -0.4 is 4.90 Å². The van der Waals surface area contributed by atoms with Crippen LogP contribution in [-0.2, 0) is 11.2 Å². The average molecular weight is 330 g/mol. The molecule has 2 heterocycles. The van der Waals surface area contributed by atoms with Crippen molar-refractivity contribution < 1.29 is 9.90 Å². The molecule has 1 aromatic rings. The van der Waals surface area contributed by atoms with Crippen molar-refractivity contribution in [1.82, 2.24) is 4.90 Å². The van der Waals surface area contributed by atoms with Crippen LogP contribution in [0.2, 0.25) is 0 Å². The number of nitrogens with zero attached hydrogens (tertiary/aromatic N) is 2. The van der Waals surface area contributed by atoms with Crippen LogP contribution >= 0.6 is 0 Å². The molecule has 0 aromatic heterocycles. The third-order valence-corrected chi connectivity index (χ3v) is 5.54. The first-order valence-corrected chi connectivity index (χ1v) is 9.38. The molecule has 0 aliphatic carbocycles. The zero-order chi connectivity index (χ0) is 17.1. The normalized spacial score (nSPS) is 24.8. The van der Waals surface area contributed by atoms with Crippen molar-refractivity contribution in [3.05, 3.63) is 29.8 Å². The largest absolute Gasteiger partial charge is 0.393 e. The summed E-state index contributed by atoms with van der Waals surface area (Å²) >= 11 is 0. The molecule has 24 heavy (non-hydrogen) atoms. The molecule has 1 saturated heterocycles. The summed E-state index contributed by atoms with van der Waals surface area (Å²) < 4.78 is 0. The molecule has 1 N–H and O–H groups in total. The van der Waals surface area contributed by atoms with Crippen LogP contribution in [0.4, 0.5) is 5.69 Å². The van der Waals surface area contributed by atoms with E-state index in [0.29, 0.717) is 18.9 Å². The van der Waals surface area contributed by atoms with E-state index in [2.05, 4.69) is 36.1 Å². The fourth-order valence-electron chi connectivity index (χ4n) is 4.26. The van der Waals surface area contributed by atoms with Crippen LogP contribution in [0.3, 0.4) is 0 Å². The molecule has 2 aliphatic rings. The molecular weight excluding hydrogens is 300 g/mol. The molecule has 3 rings (SSSR count). The molecule has 0 radical (unpaired) electrons. The number of likely N-dealkylation sites (tertiary alicyclic amines) is 1. The van der Waals surface area contributed by atoms with Crippen LogP contribution in [-0.4, -0.2) is 47.2 Å². The van der Waals surface area contributed by atoms with Crippen molar-refractivity contribution in [2.24, 2.45) is 0 Å². The van der Waals surface area contributed by atoms with Crippen molar-refractivity contribution in [3.63, 3.8) is 0 Å². The third-order valence-electron chi connectivity index (χ3n) is 5.54. The highest BCUT2D eigenvalue weighted by molar-refractivity contribution is 5.77. The first kappa shape index (κ1) is 17.3. The van der Waals surface area contributed by atoms with Gasteiger partial charge in [0.05, 0.1) is 6.10 Å². The first-order chi connectivity index (χ1) is 11.6. The number of amides is 1. The molecule has 2 aliphatic heterocycles. The number of aryl methyl sites for hydroxylation is 1. The second-order valence-corrected chi connectivity index (χ2v) is 7.43. The Labute approximate surface area is 145 Å². The van der Waals surface area contributed by atoms with Gasteiger partial charge in [-0.25, -0.2) is 0 Å². The van der Waals surface area contributed by atoms with E-state index in [9.17, 15) is 9.90 Å². The van der Waals surface area contributed by atoms with E-state index in [0.717, 1.165) is 38.8 Å². The SMILES string of the molecule is CC(O)CC1CCCN1C(=O)CCN1c2ccccc2CCC1C. The maximum Gasteiger partial charge on any atom is 0.224 e. The lowest BCUT2D eigenvalue weighted by atomic mass is 9.96. The highest BCUT2D eigenvalue weighted by Gasteiger charge is 2.30. The van der Waals surface area contributed by atoms with Gasteiger partial charge in [-0.3, -0.25) is 4.79 Å². The van der Waals surface area contributed by atoms with E-state index in [1.807, 2.05) is 11.8 Å². The summed E-state index contributed by atoms with van der Waals surface area (Å²) in [6.07, 6.45) is 5.30. The Morgan fingerprint density at radius 2 is 2.12 bits per heavy atom. The number of aliphatic hydroxyl groups excluding tert-OH is 1. The predicted octanol–water partition coefficient (Wildman–Crippen LogP) is 2.98. The molecule has 1 amide bonds. The lowest BCUT2D eigenvalue weighted by molar-refractivity contribution is -0.132. The molecule has 4 heteroatoms. The van der Waals surface area contributed by atoms with Crippen LogP contribution in [0, 0.1) is 0 Å². The topological polar surface area (TPSA) is 43.8 Å². The number of rotatable bonds is 5. The minimum Gasteiger partial charge on any atom is -0.393 e. The van der Waals surface area contributed by atoms with Gasteiger partial charge < -0.3 is 14.9 Å². The Balaban J connectivity index is 1.62. The quantitative estimate of drug-likeness (QED) is 0.903. The Morgan fingerprint density at radius 1 is 1.33 bits per heavy atom. The van der Waals surface area contributed by atoms with Gasteiger partial charge in [0.1, 0.15) is 0 Å². The minimum absolute atomic E-state index is 0.226. The average Bonchev–Trinajstić information content (AvgIpc) is 3.01. The molecule has 132 valence electrons. The maximum absolute atomic E-state index is 12.7. The zero-order valence-electron chi connectivity index (χ0n) is 14.9. The van der Waals surface area contributed by atoms with Crippen LogP contribution in [0.1, 0.15) is 51.5 Å². The zero-order valence-corrected chi connectivity index (χ0v) is 14.9. The summed E-state index contributed by atoms with van der Waals surface area (Å²) in [4.78, 5) is 17.1.